The van der Waals surface area contributed by atoms with E-state index in [1.807, 2.05) is 0 Å². The second-order valence-corrected chi connectivity index (χ2v) is 8.55. The summed E-state index contributed by atoms with van der Waals surface area (Å²) in [6.45, 7) is 3.45. The Hall–Kier alpha value is -0.0800. The van der Waals surface area contributed by atoms with Crippen molar-refractivity contribution in [2.75, 3.05) is 6.61 Å². The van der Waals surface area contributed by atoms with Crippen LogP contribution in [0.25, 0.3) is 0 Å². The summed E-state index contributed by atoms with van der Waals surface area (Å²) in [7, 11) is 0. The molecule has 1 aliphatic rings. The van der Waals surface area contributed by atoms with E-state index in [1.54, 1.807) is 0 Å². The number of nitrogens with one attached hydrogen (secondary N) is 2. The van der Waals surface area contributed by atoms with Gasteiger partial charge in [-0.05, 0) is 46.0 Å². The van der Waals surface area contributed by atoms with E-state index >= 15 is 0 Å². The van der Waals surface area contributed by atoms with E-state index in [9.17, 15) is 9.36 Å². The topological polar surface area (TPSA) is 92.1 Å². The number of hydrogen-bond donors (Lipinski definition) is 2. The molecule has 0 amide bonds. The van der Waals surface area contributed by atoms with Crippen LogP contribution >= 0.6 is 52.0 Å². The fourth-order valence-electron chi connectivity index (χ4n) is 1.04. The van der Waals surface area contributed by atoms with Gasteiger partial charge in [-0.15, -0.1) is 0 Å². The summed E-state index contributed by atoms with van der Waals surface area (Å²) in [6.07, 6.45) is 1.41. The molecule has 0 saturated carbocycles. The summed E-state index contributed by atoms with van der Waals surface area (Å²) >= 11 is 17.3. The summed E-state index contributed by atoms with van der Waals surface area (Å²) in [5.74, 6) is -5.49. The van der Waals surface area contributed by atoms with Gasteiger partial charge in [-0.1, -0.05) is 17.8 Å². The van der Waals surface area contributed by atoms with Crippen LogP contribution in [-0.4, -0.2) is 28.9 Å². The fourth-order valence-corrected chi connectivity index (χ4v) is 3.26. The maximum Gasteiger partial charge on any atom is 0.322 e. The van der Waals surface area contributed by atoms with Gasteiger partial charge in [0, 0.05) is 0 Å². The van der Waals surface area contributed by atoms with E-state index in [-0.39, 0.29) is 6.61 Å². The first-order chi connectivity index (χ1) is 8.81. The molecular weight excluding hydrogens is 358 g/mol. The maximum atomic E-state index is 11.5. The molecular formula is C7H8Cl3N4O3PS. The second-order valence-electron chi connectivity index (χ2n) is 3.04. The summed E-state index contributed by atoms with van der Waals surface area (Å²) < 4.78 is 14.1. The molecule has 1 unspecified atom stereocenters. The van der Waals surface area contributed by atoms with Gasteiger partial charge in [-0.2, -0.15) is 5.09 Å². The van der Waals surface area contributed by atoms with Gasteiger partial charge in [0.25, 0.3) is 5.24 Å². The smallest absolute Gasteiger partial charge is 0.322 e. The molecule has 0 saturated heterocycles. The van der Waals surface area contributed by atoms with Crippen LogP contribution in [0.1, 0.15) is 0 Å². The van der Waals surface area contributed by atoms with Crippen molar-refractivity contribution in [3.63, 3.8) is 0 Å². The first-order valence-electron chi connectivity index (χ1n) is 4.57. The Bertz CT molecular complexity index is 482. The number of aliphatic imine (C=N–C) groups is 1. The van der Waals surface area contributed by atoms with Crippen molar-refractivity contribution < 1.29 is 14.2 Å². The molecule has 1 heterocycles. The Morgan fingerprint density at radius 2 is 2.42 bits per heavy atom. The summed E-state index contributed by atoms with van der Waals surface area (Å²) in [5.41, 5.74) is 0.943. The quantitative estimate of drug-likeness (QED) is 0.137. The first kappa shape index (κ1) is 17.0. The molecule has 0 aromatic heterocycles. The molecule has 0 aromatic rings. The first-order valence-corrected chi connectivity index (χ1v) is 9.34. The predicted octanol–water partition coefficient (Wildman–Crippen LogP) is 2.42. The van der Waals surface area contributed by atoms with Crippen LogP contribution in [0.15, 0.2) is 22.8 Å². The molecule has 2 N–H and O–H groups in total. The zero-order valence-corrected chi connectivity index (χ0v) is 13.2. The Labute approximate surface area is 127 Å². The minimum absolute atomic E-state index is 0.0417. The van der Waals surface area contributed by atoms with E-state index in [0.29, 0.717) is 0 Å². The maximum absolute atomic E-state index is 11.5. The highest BCUT2D eigenvalue weighted by Crippen LogP contribution is 2.54. The van der Waals surface area contributed by atoms with Gasteiger partial charge in [-0.25, -0.2) is 9.71 Å². The number of hydrogen-bond acceptors (Lipinski definition) is 7. The predicted molar refractivity (Wildman–Crippen MR) is 78.8 cm³/mol. The number of oxime groups is 1. The summed E-state index contributed by atoms with van der Waals surface area (Å²) in [6, 6.07) is 0. The van der Waals surface area contributed by atoms with Crippen LogP contribution in [0.3, 0.4) is 0 Å². The zero-order chi connectivity index (χ0) is 14.5. The molecule has 1 rings (SSSR count). The molecule has 1 aliphatic heterocycles. The van der Waals surface area contributed by atoms with E-state index in [2.05, 4.69) is 26.5 Å². The minimum atomic E-state index is -3.78. The molecule has 0 bridgehead atoms. The lowest BCUT2D eigenvalue weighted by molar-refractivity contribution is -0.106. The molecule has 1 atom stereocenters. The molecule has 0 aliphatic carbocycles. The van der Waals surface area contributed by atoms with Crippen molar-refractivity contribution in [2.45, 2.75) is 5.79 Å². The van der Waals surface area contributed by atoms with Gasteiger partial charge in [0.1, 0.15) is 6.61 Å². The van der Waals surface area contributed by atoms with Crippen LogP contribution in [0.5, 0.6) is 0 Å². The molecule has 12 heteroatoms. The van der Waals surface area contributed by atoms with Crippen LogP contribution < -0.4 is 9.81 Å². The van der Waals surface area contributed by atoms with Gasteiger partial charge < -0.3 is 4.84 Å². The average molecular weight is 366 g/mol. The molecule has 0 fully saturated rings. The number of carbonyl (C=O) groups excluding carboxylic acids is 1. The summed E-state index contributed by atoms with van der Waals surface area (Å²) in [4.78, 5) is 20.1. The molecule has 7 nitrogen and oxygen atoms in total. The molecule has 0 aromatic carbocycles. The van der Waals surface area contributed by atoms with Crippen molar-refractivity contribution in [1.82, 2.24) is 9.81 Å². The lowest BCUT2D eigenvalue weighted by Crippen LogP contribution is -2.56. The zero-order valence-electron chi connectivity index (χ0n) is 9.18. The third-order valence-electron chi connectivity index (χ3n) is 1.67. The van der Waals surface area contributed by atoms with Gasteiger partial charge in [0.05, 0.1) is 5.55 Å². The van der Waals surface area contributed by atoms with Crippen LogP contribution in [0, 0.1) is 0 Å². The summed E-state index contributed by atoms with van der Waals surface area (Å²) in [5, 5.41) is 4.80. The standard InChI is InChI=1S/C7H8Cl3N4O3PS/c1-2-3-17-12-5(6(8)15)7(11-4-19-14-7)13-18(9,10)16/h2,4,14H,1,3H2,(H,13,16)/b12-5+. The second kappa shape index (κ2) is 7.08. The van der Waals surface area contributed by atoms with Gasteiger partial charge >= 0.3 is 6.00 Å². The van der Waals surface area contributed by atoms with Gasteiger partial charge in [0.15, 0.2) is 5.71 Å². The number of halogens is 3. The van der Waals surface area contributed by atoms with Gasteiger partial charge in [0.2, 0.25) is 5.79 Å². The van der Waals surface area contributed by atoms with Crippen molar-refractivity contribution >= 4 is 68.5 Å². The van der Waals surface area contributed by atoms with Crippen molar-refractivity contribution in [2.24, 2.45) is 10.1 Å². The fraction of sp³-hybridized carbons (Fsp3) is 0.286. The van der Waals surface area contributed by atoms with Crippen molar-refractivity contribution in [1.29, 1.82) is 0 Å². The van der Waals surface area contributed by atoms with E-state index in [1.165, 1.54) is 11.6 Å². The highest BCUT2D eigenvalue weighted by molar-refractivity contribution is 8.10. The minimum Gasteiger partial charge on any atom is -0.391 e. The number of nitrogens with zero attached hydrogens (tertiary/aromatic N) is 2. The molecule has 0 radical (unpaired) electrons. The van der Waals surface area contributed by atoms with Crippen molar-refractivity contribution in [3.8, 4) is 0 Å². The highest BCUT2D eigenvalue weighted by Gasteiger charge is 2.46. The molecule has 106 valence electrons. The molecule has 19 heavy (non-hydrogen) atoms. The van der Waals surface area contributed by atoms with Crippen LogP contribution in [0.4, 0.5) is 0 Å². The number of rotatable bonds is 7. The van der Waals surface area contributed by atoms with E-state index < -0.39 is 22.7 Å². The van der Waals surface area contributed by atoms with E-state index in [4.69, 9.17) is 38.9 Å². The lowest BCUT2D eigenvalue weighted by Gasteiger charge is -2.26. The lowest BCUT2D eigenvalue weighted by atomic mass is 10.2. The monoisotopic (exact) mass is 364 g/mol. The number of carbonyl (C=O) groups is 1. The SMILES string of the molecule is C=CCO/N=C(\C(=O)Cl)C1(NP(=O)(Cl)Cl)N=CSN1. The average Bonchev–Trinajstić information content (AvgIpc) is 2.70. The molecule has 0 spiro atoms. The third kappa shape index (κ3) is 5.07. The Balaban J connectivity index is 3.10. The third-order valence-corrected chi connectivity index (χ3v) is 3.57. The Kier molecular flexibility index (Phi) is 6.32. The Morgan fingerprint density at radius 1 is 1.74 bits per heavy atom. The van der Waals surface area contributed by atoms with E-state index in [0.717, 1.165) is 11.9 Å². The Morgan fingerprint density at radius 3 is 2.84 bits per heavy atom. The van der Waals surface area contributed by atoms with Crippen LogP contribution in [0.2, 0.25) is 0 Å². The van der Waals surface area contributed by atoms with Crippen molar-refractivity contribution in [3.05, 3.63) is 12.7 Å². The highest BCUT2D eigenvalue weighted by atomic mass is 35.9. The van der Waals surface area contributed by atoms with Crippen LogP contribution in [-0.2, 0) is 14.2 Å². The van der Waals surface area contributed by atoms with Gasteiger partial charge in [-0.3, -0.25) is 9.36 Å². The normalized spacial score (nSPS) is 23.4. The largest absolute Gasteiger partial charge is 0.391 e.